The minimum atomic E-state index is -4.40. The fourth-order valence-corrected chi connectivity index (χ4v) is 6.00. The SMILES string of the molecule is COc1ncc(Cl)cc1S(=O)(=O)Nc1ccc(F)c(COc2cnc3c(c2)c(C(C)C)nn3C2CCCCO2)c1F. The second kappa shape index (κ2) is 11.7. The van der Waals surface area contributed by atoms with Crippen molar-refractivity contribution in [3.05, 3.63) is 64.6 Å². The highest BCUT2D eigenvalue weighted by Gasteiger charge is 2.26. The number of anilines is 1. The van der Waals surface area contributed by atoms with Crippen LogP contribution in [0.4, 0.5) is 14.5 Å². The van der Waals surface area contributed by atoms with Crippen LogP contribution in [0.1, 0.15) is 56.5 Å². The van der Waals surface area contributed by atoms with Gasteiger partial charge in [-0.15, -0.1) is 0 Å². The molecule has 4 heterocycles. The minimum Gasteiger partial charge on any atom is -0.487 e. The quantitative estimate of drug-likeness (QED) is 0.247. The van der Waals surface area contributed by atoms with Crippen LogP contribution < -0.4 is 14.2 Å². The van der Waals surface area contributed by atoms with E-state index in [0.29, 0.717) is 12.3 Å². The fraction of sp³-hybridized carbons (Fsp3) is 0.370. The molecule has 1 saturated heterocycles. The van der Waals surface area contributed by atoms with Crippen molar-refractivity contribution in [2.24, 2.45) is 0 Å². The van der Waals surface area contributed by atoms with Crippen LogP contribution in [0.5, 0.6) is 11.6 Å². The standard InChI is InChI=1S/C27H28ClF2N5O5S/c1-15(2)25-18-11-17(13-31-26(18)35(33-25)23-6-4-5-9-39-23)40-14-19-20(29)7-8-21(24(19)30)34-41(36,37)22-10-16(28)12-32-27(22)38-3/h7-8,10-13,15,23,34H,4-6,9,14H2,1-3H3. The molecule has 1 fully saturated rings. The molecule has 0 amide bonds. The summed E-state index contributed by atoms with van der Waals surface area (Å²) in [5, 5.41) is 5.53. The Morgan fingerprint density at radius 3 is 2.71 bits per heavy atom. The van der Waals surface area contributed by atoms with Crippen molar-refractivity contribution in [1.82, 2.24) is 19.7 Å². The smallest absolute Gasteiger partial charge is 0.267 e. The van der Waals surface area contributed by atoms with E-state index >= 15 is 4.39 Å². The Morgan fingerprint density at radius 2 is 2.00 bits per heavy atom. The highest BCUT2D eigenvalue weighted by Crippen LogP contribution is 2.33. The van der Waals surface area contributed by atoms with Crippen molar-refractivity contribution < 1.29 is 31.4 Å². The number of sulfonamides is 1. The highest BCUT2D eigenvalue weighted by atomic mass is 35.5. The number of halogens is 3. The summed E-state index contributed by atoms with van der Waals surface area (Å²) in [4.78, 5) is 7.94. The Bertz CT molecular complexity index is 1690. The third kappa shape index (κ3) is 5.92. The van der Waals surface area contributed by atoms with Crippen molar-refractivity contribution in [1.29, 1.82) is 0 Å². The second-order valence-corrected chi connectivity index (χ2v) is 11.9. The first-order chi connectivity index (χ1) is 19.6. The van der Waals surface area contributed by atoms with Crippen LogP contribution in [0.2, 0.25) is 5.02 Å². The molecule has 1 N–H and O–H groups in total. The Balaban J connectivity index is 1.41. The second-order valence-electron chi connectivity index (χ2n) is 9.79. The van der Waals surface area contributed by atoms with Gasteiger partial charge in [-0.1, -0.05) is 25.4 Å². The third-order valence-corrected chi connectivity index (χ3v) is 8.17. The summed E-state index contributed by atoms with van der Waals surface area (Å²) in [7, 11) is -3.17. The lowest BCUT2D eigenvalue weighted by atomic mass is 10.1. The number of nitrogens with one attached hydrogen (secondary N) is 1. The van der Waals surface area contributed by atoms with Gasteiger partial charge in [0.15, 0.2) is 22.6 Å². The average molecular weight is 608 g/mol. The molecule has 10 nitrogen and oxygen atoms in total. The zero-order chi connectivity index (χ0) is 29.3. The van der Waals surface area contributed by atoms with E-state index in [1.807, 2.05) is 13.8 Å². The largest absolute Gasteiger partial charge is 0.487 e. The molecule has 5 rings (SSSR count). The lowest BCUT2D eigenvalue weighted by Gasteiger charge is -2.23. The molecular formula is C27H28ClF2N5O5S. The molecule has 1 aliphatic rings. The molecule has 4 aromatic rings. The zero-order valence-electron chi connectivity index (χ0n) is 22.5. The van der Waals surface area contributed by atoms with Crippen LogP contribution in [0.15, 0.2) is 41.6 Å². The Labute approximate surface area is 240 Å². The molecule has 14 heteroatoms. The van der Waals surface area contributed by atoms with Crippen LogP contribution in [0.25, 0.3) is 11.0 Å². The molecule has 1 unspecified atom stereocenters. The molecule has 218 valence electrons. The van der Waals surface area contributed by atoms with Crippen molar-refractivity contribution in [2.75, 3.05) is 18.4 Å². The molecule has 0 spiro atoms. The van der Waals surface area contributed by atoms with Crippen LogP contribution in [-0.4, -0.2) is 41.9 Å². The van der Waals surface area contributed by atoms with E-state index in [1.165, 1.54) is 19.5 Å². The average Bonchev–Trinajstić information content (AvgIpc) is 3.34. The maximum absolute atomic E-state index is 15.4. The molecule has 0 saturated carbocycles. The van der Waals surface area contributed by atoms with E-state index in [2.05, 4.69) is 14.7 Å². The van der Waals surface area contributed by atoms with Gasteiger partial charge >= 0.3 is 0 Å². The van der Waals surface area contributed by atoms with Gasteiger partial charge in [-0.05, 0) is 49.4 Å². The number of hydrogen-bond acceptors (Lipinski definition) is 8. The van der Waals surface area contributed by atoms with Gasteiger partial charge in [0.05, 0.1) is 35.3 Å². The van der Waals surface area contributed by atoms with E-state index in [-0.39, 0.29) is 28.8 Å². The van der Waals surface area contributed by atoms with Crippen molar-refractivity contribution in [3.63, 3.8) is 0 Å². The maximum Gasteiger partial charge on any atom is 0.267 e. The lowest BCUT2D eigenvalue weighted by molar-refractivity contribution is -0.0372. The number of hydrogen-bond donors (Lipinski definition) is 1. The van der Waals surface area contributed by atoms with Gasteiger partial charge in [0.2, 0.25) is 5.88 Å². The fourth-order valence-electron chi connectivity index (χ4n) is 4.57. The number of rotatable bonds is 9. The van der Waals surface area contributed by atoms with E-state index in [4.69, 9.17) is 30.9 Å². The van der Waals surface area contributed by atoms with E-state index in [0.717, 1.165) is 48.5 Å². The number of pyridine rings is 2. The van der Waals surface area contributed by atoms with Gasteiger partial charge in [-0.25, -0.2) is 31.8 Å². The molecule has 3 aromatic heterocycles. The summed E-state index contributed by atoms with van der Waals surface area (Å²) in [6.07, 6.45) is 5.30. The van der Waals surface area contributed by atoms with Crippen LogP contribution in [0, 0.1) is 11.6 Å². The van der Waals surface area contributed by atoms with Crippen molar-refractivity contribution >= 4 is 38.3 Å². The third-order valence-electron chi connectivity index (χ3n) is 6.61. The highest BCUT2D eigenvalue weighted by molar-refractivity contribution is 7.92. The molecule has 1 atom stereocenters. The maximum atomic E-state index is 15.4. The van der Waals surface area contributed by atoms with Crippen LogP contribution in [-0.2, 0) is 21.4 Å². The summed E-state index contributed by atoms with van der Waals surface area (Å²) in [5.74, 6) is -1.95. The number of methoxy groups -OCH3 is 1. The number of benzene rings is 1. The first kappa shape index (κ1) is 29.0. The van der Waals surface area contributed by atoms with Crippen molar-refractivity contribution in [3.8, 4) is 11.6 Å². The summed E-state index contributed by atoms with van der Waals surface area (Å²) in [6.45, 7) is 4.14. The first-order valence-corrected chi connectivity index (χ1v) is 14.8. The predicted molar refractivity (Wildman–Crippen MR) is 148 cm³/mol. The Hall–Kier alpha value is -3.55. The number of nitrogens with zero attached hydrogens (tertiary/aromatic N) is 4. The molecule has 1 aliphatic heterocycles. The predicted octanol–water partition coefficient (Wildman–Crippen LogP) is 5.97. The summed E-state index contributed by atoms with van der Waals surface area (Å²) in [5.41, 5.74) is 0.466. The van der Waals surface area contributed by atoms with Gasteiger partial charge < -0.3 is 14.2 Å². The van der Waals surface area contributed by atoms with Crippen LogP contribution >= 0.6 is 11.6 Å². The molecule has 41 heavy (non-hydrogen) atoms. The Kier molecular flexibility index (Phi) is 8.30. The van der Waals surface area contributed by atoms with E-state index in [9.17, 15) is 12.8 Å². The van der Waals surface area contributed by atoms with Crippen LogP contribution in [0.3, 0.4) is 0 Å². The number of ether oxygens (including phenoxy) is 3. The summed E-state index contributed by atoms with van der Waals surface area (Å²) >= 11 is 5.90. The minimum absolute atomic E-state index is 0.0304. The van der Waals surface area contributed by atoms with Crippen molar-refractivity contribution in [2.45, 2.75) is 56.8 Å². The topological polar surface area (TPSA) is 117 Å². The monoisotopic (exact) mass is 607 g/mol. The van der Waals surface area contributed by atoms with Gasteiger partial charge in [-0.2, -0.15) is 5.10 Å². The summed E-state index contributed by atoms with van der Waals surface area (Å²) < 4.78 is 76.6. The number of aromatic nitrogens is 4. The molecular weight excluding hydrogens is 580 g/mol. The molecule has 1 aromatic carbocycles. The van der Waals surface area contributed by atoms with Gasteiger partial charge in [0.25, 0.3) is 10.0 Å². The van der Waals surface area contributed by atoms with Gasteiger partial charge in [0, 0.05) is 18.2 Å². The Morgan fingerprint density at radius 1 is 1.20 bits per heavy atom. The van der Waals surface area contributed by atoms with Gasteiger partial charge in [0.1, 0.15) is 18.2 Å². The molecule has 0 aliphatic carbocycles. The van der Waals surface area contributed by atoms with E-state index < -0.39 is 44.4 Å². The first-order valence-electron chi connectivity index (χ1n) is 12.9. The van der Waals surface area contributed by atoms with E-state index in [1.54, 1.807) is 10.7 Å². The molecule has 0 bridgehead atoms. The lowest BCUT2D eigenvalue weighted by Crippen LogP contribution is -2.19. The summed E-state index contributed by atoms with van der Waals surface area (Å²) in [6, 6.07) is 4.75. The van der Waals surface area contributed by atoms with Gasteiger partial charge in [-0.3, -0.25) is 4.72 Å². The normalized spacial score (nSPS) is 15.8. The molecule has 0 radical (unpaired) electrons. The number of fused-ring (bicyclic) bond motifs is 1. The zero-order valence-corrected chi connectivity index (χ0v) is 24.1.